The minimum atomic E-state index is -0.436. The smallest absolute Gasteiger partial charge is 0.254 e. The van der Waals surface area contributed by atoms with Crippen molar-refractivity contribution in [1.29, 1.82) is 0 Å². The van der Waals surface area contributed by atoms with Crippen LogP contribution < -0.4 is 4.74 Å². The van der Waals surface area contributed by atoms with Gasteiger partial charge in [-0.3, -0.25) is 9.59 Å². The zero-order valence-corrected chi connectivity index (χ0v) is 17.0. The van der Waals surface area contributed by atoms with Crippen LogP contribution in [0.3, 0.4) is 0 Å². The molecule has 0 saturated carbocycles. The Morgan fingerprint density at radius 3 is 2.46 bits per heavy atom. The Bertz CT molecular complexity index is 847. The molecule has 0 fully saturated rings. The van der Waals surface area contributed by atoms with Gasteiger partial charge in [0.25, 0.3) is 5.91 Å². The highest BCUT2D eigenvalue weighted by molar-refractivity contribution is 6.01. The molecule has 2 aromatic rings. The van der Waals surface area contributed by atoms with E-state index in [-0.39, 0.29) is 17.9 Å². The predicted octanol–water partition coefficient (Wildman–Crippen LogP) is 3.86. The van der Waals surface area contributed by atoms with Crippen LogP contribution in [-0.2, 0) is 4.79 Å². The second-order valence-corrected chi connectivity index (χ2v) is 7.31. The zero-order chi connectivity index (χ0) is 20.3. The average molecular weight is 380 g/mol. The first-order chi connectivity index (χ1) is 13.5. The Kier molecular flexibility index (Phi) is 6.02. The van der Waals surface area contributed by atoms with E-state index < -0.39 is 5.92 Å². The average Bonchev–Trinajstić information content (AvgIpc) is 2.74. The molecule has 1 aliphatic heterocycles. The lowest BCUT2D eigenvalue weighted by Gasteiger charge is -2.41. The number of rotatable bonds is 6. The van der Waals surface area contributed by atoms with Gasteiger partial charge in [0.15, 0.2) is 0 Å². The molecule has 2 atom stereocenters. The monoisotopic (exact) mass is 380 g/mol. The van der Waals surface area contributed by atoms with Gasteiger partial charge in [0.2, 0.25) is 5.91 Å². The van der Waals surface area contributed by atoms with Crippen molar-refractivity contribution in [2.75, 3.05) is 27.7 Å². The number of methoxy groups -OCH3 is 1. The van der Waals surface area contributed by atoms with Crippen molar-refractivity contribution in [3.63, 3.8) is 0 Å². The van der Waals surface area contributed by atoms with Crippen LogP contribution in [0.15, 0.2) is 48.5 Å². The van der Waals surface area contributed by atoms with Crippen LogP contribution >= 0.6 is 0 Å². The van der Waals surface area contributed by atoms with Gasteiger partial charge in [0.1, 0.15) is 5.75 Å². The van der Waals surface area contributed by atoms with E-state index in [1.165, 1.54) is 0 Å². The lowest BCUT2D eigenvalue weighted by molar-refractivity contribution is -0.133. The van der Waals surface area contributed by atoms with Crippen molar-refractivity contribution in [2.24, 2.45) is 0 Å². The molecule has 148 valence electrons. The number of hydrogen-bond acceptors (Lipinski definition) is 3. The second kappa shape index (κ2) is 8.46. The summed E-state index contributed by atoms with van der Waals surface area (Å²) < 4.78 is 5.26. The van der Waals surface area contributed by atoms with E-state index in [9.17, 15) is 9.59 Å². The van der Waals surface area contributed by atoms with Crippen molar-refractivity contribution < 1.29 is 14.3 Å². The van der Waals surface area contributed by atoms with Gasteiger partial charge in [-0.2, -0.15) is 0 Å². The second-order valence-electron chi connectivity index (χ2n) is 7.31. The summed E-state index contributed by atoms with van der Waals surface area (Å²) in [6, 6.07) is 14.7. The number of benzene rings is 2. The summed E-state index contributed by atoms with van der Waals surface area (Å²) >= 11 is 0. The Balaban J connectivity index is 2.08. The number of carbonyl (C=O) groups excluding carboxylic acids is 2. The van der Waals surface area contributed by atoms with Gasteiger partial charge in [-0.1, -0.05) is 43.7 Å². The van der Waals surface area contributed by atoms with Crippen LogP contribution in [0.2, 0.25) is 0 Å². The van der Waals surface area contributed by atoms with E-state index in [4.69, 9.17) is 4.74 Å². The molecule has 0 aliphatic carbocycles. The summed E-state index contributed by atoms with van der Waals surface area (Å²) in [6.07, 6.45) is 1.98. The van der Waals surface area contributed by atoms with Gasteiger partial charge in [0, 0.05) is 26.2 Å². The minimum Gasteiger partial charge on any atom is -0.497 e. The molecule has 0 spiro atoms. The van der Waals surface area contributed by atoms with E-state index in [1.54, 1.807) is 24.0 Å². The third kappa shape index (κ3) is 3.61. The molecule has 1 aliphatic rings. The number of ether oxygens (including phenoxy) is 1. The summed E-state index contributed by atoms with van der Waals surface area (Å²) in [7, 11) is 5.25. The third-order valence-electron chi connectivity index (χ3n) is 5.53. The Labute approximate surface area is 166 Å². The molecule has 28 heavy (non-hydrogen) atoms. The van der Waals surface area contributed by atoms with Crippen LogP contribution in [0, 0.1) is 0 Å². The molecule has 2 aromatic carbocycles. The van der Waals surface area contributed by atoms with Gasteiger partial charge in [0.05, 0.1) is 19.1 Å². The lowest BCUT2D eigenvalue weighted by atomic mass is 9.79. The summed E-state index contributed by atoms with van der Waals surface area (Å²) in [5, 5.41) is 0. The first kappa shape index (κ1) is 19.9. The topological polar surface area (TPSA) is 49.9 Å². The fraction of sp³-hybridized carbons (Fsp3) is 0.391. The molecule has 2 amide bonds. The number of amides is 2. The van der Waals surface area contributed by atoms with Gasteiger partial charge >= 0.3 is 0 Å². The minimum absolute atomic E-state index is 0.0427. The van der Waals surface area contributed by atoms with Gasteiger partial charge in [-0.05, 0) is 35.7 Å². The molecule has 0 N–H and O–H groups in total. The van der Waals surface area contributed by atoms with Crippen LogP contribution in [-0.4, -0.2) is 49.4 Å². The van der Waals surface area contributed by atoms with Crippen molar-refractivity contribution in [3.05, 3.63) is 65.2 Å². The number of likely N-dealkylation sites (N-methyl/N-ethyl adjacent to an activating group) is 2. The Morgan fingerprint density at radius 2 is 1.82 bits per heavy atom. The van der Waals surface area contributed by atoms with Crippen LogP contribution in [0.4, 0.5) is 0 Å². The molecule has 0 radical (unpaired) electrons. The number of unbranched alkanes of at least 4 members (excludes halogenated alkanes) is 1. The first-order valence-corrected chi connectivity index (χ1v) is 9.74. The van der Waals surface area contributed by atoms with Gasteiger partial charge < -0.3 is 14.5 Å². The fourth-order valence-corrected chi connectivity index (χ4v) is 3.90. The number of fused-ring (bicyclic) bond motifs is 1. The third-order valence-corrected chi connectivity index (χ3v) is 5.53. The van der Waals surface area contributed by atoms with E-state index in [1.807, 2.05) is 55.6 Å². The Morgan fingerprint density at radius 1 is 1.14 bits per heavy atom. The van der Waals surface area contributed by atoms with E-state index in [2.05, 4.69) is 6.92 Å². The van der Waals surface area contributed by atoms with Gasteiger partial charge in [-0.15, -0.1) is 0 Å². The predicted molar refractivity (Wildman–Crippen MR) is 110 cm³/mol. The summed E-state index contributed by atoms with van der Waals surface area (Å²) in [5.41, 5.74) is 2.34. The fourth-order valence-electron chi connectivity index (χ4n) is 3.90. The van der Waals surface area contributed by atoms with Crippen molar-refractivity contribution in [1.82, 2.24) is 9.80 Å². The van der Waals surface area contributed by atoms with Crippen molar-refractivity contribution in [2.45, 2.75) is 31.7 Å². The van der Waals surface area contributed by atoms with Crippen LogP contribution in [0.1, 0.15) is 53.2 Å². The normalized spacial score (nSPS) is 18.6. The highest BCUT2D eigenvalue weighted by atomic mass is 16.5. The van der Waals surface area contributed by atoms with E-state index >= 15 is 0 Å². The van der Waals surface area contributed by atoms with Crippen LogP contribution in [0.25, 0.3) is 0 Å². The highest BCUT2D eigenvalue weighted by Crippen LogP contribution is 2.43. The van der Waals surface area contributed by atoms with Crippen LogP contribution in [0.5, 0.6) is 5.75 Å². The maximum absolute atomic E-state index is 13.5. The summed E-state index contributed by atoms with van der Waals surface area (Å²) in [6.45, 7) is 2.82. The Hall–Kier alpha value is -2.82. The molecule has 0 unspecified atom stereocenters. The molecule has 0 aromatic heterocycles. The lowest BCUT2D eigenvalue weighted by Crippen LogP contribution is -2.46. The van der Waals surface area contributed by atoms with Crippen molar-refractivity contribution in [3.8, 4) is 5.75 Å². The molecule has 5 nitrogen and oxygen atoms in total. The molecule has 1 heterocycles. The number of nitrogens with zero attached hydrogens (tertiary/aromatic N) is 2. The number of hydrogen-bond donors (Lipinski definition) is 0. The quantitative estimate of drug-likeness (QED) is 0.765. The van der Waals surface area contributed by atoms with Gasteiger partial charge in [-0.25, -0.2) is 0 Å². The summed E-state index contributed by atoms with van der Waals surface area (Å²) in [4.78, 5) is 30.0. The maximum atomic E-state index is 13.5. The van der Waals surface area contributed by atoms with E-state index in [0.29, 0.717) is 12.1 Å². The first-order valence-electron chi connectivity index (χ1n) is 9.74. The standard InChI is InChI=1S/C23H28N2O3/c1-5-6-15-24(2)23(27)20-18-9-7-8-10-19(18)22(26)25(3)21(20)16-11-13-17(28-4)14-12-16/h7-14,20-21H,5-6,15H2,1-4H3/t20-,21-/m1/s1. The molecule has 0 bridgehead atoms. The highest BCUT2D eigenvalue weighted by Gasteiger charge is 2.43. The van der Waals surface area contributed by atoms with E-state index in [0.717, 1.165) is 29.7 Å². The molecule has 0 saturated heterocycles. The largest absolute Gasteiger partial charge is 0.497 e. The maximum Gasteiger partial charge on any atom is 0.254 e. The van der Waals surface area contributed by atoms with Crippen molar-refractivity contribution >= 4 is 11.8 Å². The number of carbonyl (C=O) groups is 2. The molecule has 5 heteroatoms. The molecular weight excluding hydrogens is 352 g/mol. The molecule has 3 rings (SSSR count). The zero-order valence-electron chi connectivity index (χ0n) is 17.0. The summed E-state index contributed by atoms with van der Waals surface area (Å²) in [5.74, 6) is 0.295. The molecular formula is C23H28N2O3. The SMILES string of the molecule is CCCCN(C)C(=O)[C@@H]1c2ccccc2C(=O)N(C)[C@@H]1c1ccc(OC)cc1.